The van der Waals surface area contributed by atoms with Gasteiger partial charge >= 0.3 is 0 Å². The normalized spacial score (nSPS) is 12.2. The highest BCUT2D eigenvalue weighted by atomic mass is 15.0. The average molecular weight is 395 g/mol. The summed E-state index contributed by atoms with van der Waals surface area (Å²) in [6.07, 6.45) is 23.9. The van der Waals surface area contributed by atoms with Gasteiger partial charge in [0.25, 0.3) is 0 Å². The molecular formula is C28H44N+. The van der Waals surface area contributed by atoms with E-state index in [2.05, 4.69) is 73.3 Å². The summed E-state index contributed by atoms with van der Waals surface area (Å²) in [7, 11) is 0. The van der Waals surface area contributed by atoms with Gasteiger partial charge in [-0.15, -0.1) is 0 Å². The molecule has 0 aliphatic carbocycles. The van der Waals surface area contributed by atoms with E-state index in [4.69, 9.17) is 0 Å². The minimum absolute atomic E-state index is 0.443. The fourth-order valence-electron chi connectivity index (χ4n) is 4.35. The SMILES string of the molecule is CCCCCCCCCCCCCCc1ccc[n+](C(CC)c2ccccc2)c1. The third-order valence-corrected chi connectivity index (χ3v) is 6.13. The molecule has 1 aromatic carbocycles. The first kappa shape index (κ1) is 23.6. The van der Waals surface area contributed by atoms with E-state index in [1.54, 1.807) is 0 Å². The molecule has 160 valence electrons. The van der Waals surface area contributed by atoms with E-state index in [-0.39, 0.29) is 0 Å². The Bertz CT molecular complexity index is 634. The van der Waals surface area contributed by atoms with Gasteiger partial charge in [0.2, 0.25) is 0 Å². The molecule has 0 spiro atoms. The molecule has 29 heavy (non-hydrogen) atoms. The van der Waals surface area contributed by atoms with Crippen LogP contribution < -0.4 is 4.57 Å². The van der Waals surface area contributed by atoms with Crippen LogP contribution >= 0.6 is 0 Å². The molecule has 2 aromatic rings. The van der Waals surface area contributed by atoms with Crippen molar-refractivity contribution >= 4 is 0 Å². The van der Waals surface area contributed by atoms with Crippen LogP contribution in [0.3, 0.4) is 0 Å². The summed E-state index contributed by atoms with van der Waals surface area (Å²) in [6.45, 7) is 4.57. The Morgan fingerprint density at radius 3 is 1.83 bits per heavy atom. The lowest BCUT2D eigenvalue weighted by Crippen LogP contribution is -2.39. The molecule has 0 saturated heterocycles. The summed E-state index contributed by atoms with van der Waals surface area (Å²) in [5, 5.41) is 0. The van der Waals surface area contributed by atoms with Gasteiger partial charge in [0, 0.05) is 23.6 Å². The van der Waals surface area contributed by atoms with Crippen LogP contribution in [0.25, 0.3) is 0 Å². The molecule has 0 fully saturated rings. The van der Waals surface area contributed by atoms with Gasteiger partial charge in [-0.1, -0.05) is 115 Å². The molecule has 1 nitrogen and oxygen atoms in total. The second-order valence-corrected chi connectivity index (χ2v) is 8.63. The van der Waals surface area contributed by atoms with Gasteiger partial charge in [0.15, 0.2) is 18.4 Å². The summed E-state index contributed by atoms with van der Waals surface area (Å²) < 4.78 is 2.41. The maximum atomic E-state index is 2.41. The van der Waals surface area contributed by atoms with Gasteiger partial charge in [0.1, 0.15) is 0 Å². The van der Waals surface area contributed by atoms with Gasteiger partial charge in [0.05, 0.1) is 0 Å². The Hall–Kier alpha value is -1.63. The summed E-state index contributed by atoms with van der Waals surface area (Å²) in [5.41, 5.74) is 2.89. The maximum absolute atomic E-state index is 2.41. The summed E-state index contributed by atoms with van der Waals surface area (Å²) in [4.78, 5) is 0. The van der Waals surface area contributed by atoms with Crippen LogP contribution in [0, 0.1) is 0 Å². The van der Waals surface area contributed by atoms with Crippen molar-refractivity contribution in [3.8, 4) is 0 Å². The molecular weight excluding hydrogens is 350 g/mol. The number of benzene rings is 1. The van der Waals surface area contributed by atoms with E-state index >= 15 is 0 Å². The van der Waals surface area contributed by atoms with Crippen molar-refractivity contribution in [2.75, 3.05) is 0 Å². The maximum Gasteiger partial charge on any atom is 0.183 e. The zero-order valence-corrected chi connectivity index (χ0v) is 19.1. The van der Waals surface area contributed by atoms with E-state index in [0.29, 0.717) is 6.04 Å². The number of aryl methyl sites for hydroxylation is 1. The summed E-state index contributed by atoms with van der Waals surface area (Å²) in [5.74, 6) is 0. The van der Waals surface area contributed by atoms with Crippen LogP contribution in [-0.4, -0.2) is 0 Å². The fourth-order valence-corrected chi connectivity index (χ4v) is 4.35. The van der Waals surface area contributed by atoms with Crippen LogP contribution in [-0.2, 0) is 6.42 Å². The molecule has 1 heterocycles. The monoisotopic (exact) mass is 394 g/mol. The third-order valence-electron chi connectivity index (χ3n) is 6.13. The molecule has 0 radical (unpaired) electrons. The number of pyridine rings is 1. The number of aromatic nitrogens is 1. The van der Waals surface area contributed by atoms with Crippen LogP contribution in [0.5, 0.6) is 0 Å². The number of unbranched alkanes of at least 4 members (excludes halogenated alkanes) is 11. The number of rotatable bonds is 16. The predicted octanol–water partition coefficient (Wildman–Crippen LogP) is 8.22. The van der Waals surface area contributed by atoms with Crippen molar-refractivity contribution in [1.82, 2.24) is 0 Å². The van der Waals surface area contributed by atoms with Gasteiger partial charge in [-0.2, -0.15) is 4.57 Å². The first-order valence-corrected chi connectivity index (χ1v) is 12.4. The Balaban J connectivity index is 1.61. The van der Waals surface area contributed by atoms with E-state index in [9.17, 15) is 0 Å². The second-order valence-electron chi connectivity index (χ2n) is 8.63. The smallest absolute Gasteiger partial charge is 0.183 e. The molecule has 0 saturated carbocycles. The highest BCUT2D eigenvalue weighted by Crippen LogP contribution is 2.17. The van der Waals surface area contributed by atoms with Crippen molar-refractivity contribution in [2.24, 2.45) is 0 Å². The van der Waals surface area contributed by atoms with Crippen LogP contribution in [0.2, 0.25) is 0 Å². The topological polar surface area (TPSA) is 3.88 Å². The Morgan fingerprint density at radius 2 is 1.24 bits per heavy atom. The van der Waals surface area contributed by atoms with E-state index in [1.165, 1.54) is 94.6 Å². The molecule has 1 atom stereocenters. The van der Waals surface area contributed by atoms with Crippen LogP contribution in [0.1, 0.15) is 114 Å². The standard InChI is InChI=1S/C28H44N/c1-3-5-6-7-8-9-10-11-12-13-14-16-20-26-21-19-24-29(25-26)28(4-2)27-22-17-15-18-23-27/h15,17-19,21-25,28H,3-14,16,20H2,1-2H3/q+1. The zero-order chi connectivity index (χ0) is 20.6. The molecule has 2 rings (SSSR count). The Morgan fingerprint density at radius 1 is 0.655 bits per heavy atom. The highest BCUT2D eigenvalue weighted by Gasteiger charge is 2.18. The molecule has 1 heteroatoms. The van der Waals surface area contributed by atoms with Crippen molar-refractivity contribution in [2.45, 2.75) is 110 Å². The van der Waals surface area contributed by atoms with E-state index in [0.717, 1.165) is 6.42 Å². The number of hydrogen-bond acceptors (Lipinski definition) is 0. The molecule has 1 aromatic heterocycles. The first-order chi connectivity index (χ1) is 14.3. The van der Waals surface area contributed by atoms with Crippen LogP contribution in [0.4, 0.5) is 0 Å². The molecule has 0 aliphatic rings. The minimum atomic E-state index is 0.443. The third kappa shape index (κ3) is 9.61. The van der Waals surface area contributed by atoms with Gasteiger partial charge < -0.3 is 0 Å². The highest BCUT2D eigenvalue weighted by molar-refractivity contribution is 5.17. The lowest BCUT2D eigenvalue weighted by molar-refractivity contribution is -0.714. The summed E-state index contributed by atoms with van der Waals surface area (Å²) in [6, 6.07) is 15.9. The number of nitrogens with zero attached hydrogens (tertiary/aromatic N) is 1. The van der Waals surface area contributed by atoms with Crippen molar-refractivity contribution in [3.05, 3.63) is 66.0 Å². The Labute approximate surface area is 180 Å². The largest absolute Gasteiger partial charge is 0.198 e. The molecule has 0 bridgehead atoms. The van der Waals surface area contributed by atoms with Gasteiger partial charge in [-0.3, -0.25) is 0 Å². The predicted molar refractivity (Wildman–Crippen MR) is 126 cm³/mol. The lowest BCUT2D eigenvalue weighted by Gasteiger charge is -2.11. The molecule has 1 unspecified atom stereocenters. The molecule has 0 N–H and O–H groups in total. The van der Waals surface area contributed by atoms with Crippen LogP contribution in [0.15, 0.2) is 54.9 Å². The quantitative estimate of drug-likeness (QED) is 0.199. The van der Waals surface area contributed by atoms with E-state index in [1.807, 2.05) is 0 Å². The molecule has 0 amide bonds. The van der Waals surface area contributed by atoms with Crippen molar-refractivity contribution in [1.29, 1.82) is 0 Å². The van der Waals surface area contributed by atoms with Crippen molar-refractivity contribution in [3.63, 3.8) is 0 Å². The minimum Gasteiger partial charge on any atom is -0.198 e. The van der Waals surface area contributed by atoms with Gasteiger partial charge in [-0.05, 0) is 18.9 Å². The summed E-state index contributed by atoms with van der Waals surface area (Å²) >= 11 is 0. The van der Waals surface area contributed by atoms with E-state index < -0.39 is 0 Å². The Kier molecular flexibility index (Phi) is 12.4. The second kappa shape index (κ2) is 15.2. The number of hydrogen-bond donors (Lipinski definition) is 0. The zero-order valence-electron chi connectivity index (χ0n) is 19.1. The van der Waals surface area contributed by atoms with Gasteiger partial charge in [-0.25, -0.2) is 0 Å². The average Bonchev–Trinajstić information content (AvgIpc) is 2.76. The molecule has 0 aliphatic heterocycles. The van der Waals surface area contributed by atoms with Crippen molar-refractivity contribution < 1.29 is 4.57 Å². The fraction of sp³-hybridized carbons (Fsp3) is 0.607. The lowest BCUT2D eigenvalue weighted by atomic mass is 10.0. The first-order valence-electron chi connectivity index (χ1n) is 12.4.